The summed E-state index contributed by atoms with van der Waals surface area (Å²) in [6, 6.07) is 10.8. The lowest BCUT2D eigenvalue weighted by atomic mass is 9.86. The number of methoxy groups -OCH3 is 1. The fraction of sp³-hybridized carbons (Fsp3) is 0.375. The number of alkyl halides is 2. The Kier molecular flexibility index (Phi) is 5.59. The van der Waals surface area contributed by atoms with E-state index < -0.39 is 12.0 Å². The second-order valence-corrected chi connectivity index (χ2v) is 8.53. The van der Waals surface area contributed by atoms with E-state index in [9.17, 15) is 18.8 Å². The average Bonchev–Trinajstić information content (AvgIpc) is 3.47. The molecule has 2 aromatic carbocycles. The molecule has 3 aromatic rings. The van der Waals surface area contributed by atoms with E-state index in [1.54, 1.807) is 17.0 Å². The van der Waals surface area contributed by atoms with Gasteiger partial charge >= 0.3 is 6.61 Å². The first-order chi connectivity index (χ1) is 15.2. The molecular weight excluding hydrogens is 416 g/mol. The van der Waals surface area contributed by atoms with Gasteiger partial charge in [0, 0.05) is 18.6 Å². The van der Waals surface area contributed by atoms with Crippen LogP contribution in [0.2, 0.25) is 0 Å². The third kappa shape index (κ3) is 4.15. The molecule has 0 amide bonds. The molecule has 1 fully saturated rings. The van der Waals surface area contributed by atoms with Crippen LogP contribution in [0, 0.1) is 17.2 Å². The summed E-state index contributed by atoms with van der Waals surface area (Å²) in [7, 11) is 1.39. The molecule has 1 aliphatic rings. The predicted octanol–water partition coefficient (Wildman–Crippen LogP) is 5.42. The van der Waals surface area contributed by atoms with Gasteiger partial charge in [-0.2, -0.15) is 14.0 Å². The maximum absolute atomic E-state index is 13.2. The van der Waals surface area contributed by atoms with Crippen LogP contribution >= 0.6 is 0 Å². The second kappa shape index (κ2) is 8.23. The fourth-order valence-corrected chi connectivity index (χ4v) is 3.70. The van der Waals surface area contributed by atoms with Crippen molar-refractivity contribution in [2.75, 3.05) is 7.11 Å². The minimum Gasteiger partial charge on any atom is -0.496 e. The minimum atomic E-state index is -3.09. The van der Waals surface area contributed by atoms with Crippen molar-refractivity contribution in [3.8, 4) is 23.3 Å². The summed E-state index contributed by atoms with van der Waals surface area (Å²) >= 11 is 0. The highest BCUT2D eigenvalue weighted by Crippen LogP contribution is 2.39. The number of nitriles is 1. The smallest absolute Gasteiger partial charge is 0.387 e. The van der Waals surface area contributed by atoms with Crippen molar-refractivity contribution in [3.05, 3.63) is 47.8 Å². The lowest BCUT2D eigenvalue weighted by Gasteiger charge is -2.17. The van der Waals surface area contributed by atoms with Crippen LogP contribution in [0.1, 0.15) is 49.0 Å². The highest BCUT2D eigenvalue weighted by molar-refractivity contribution is 6.02. The lowest BCUT2D eigenvalue weighted by molar-refractivity contribution is -0.0502. The van der Waals surface area contributed by atoms with Crippen molar-refractivity contribution in [1.29, 1.82) is 5.26 Å². The number of ketones is 1. The molecule has 0 spiro atoms. The summed E-state index contributed by atoms with van der Waals surface area (Å²) in [4.78, 5) is 17.2. The Morgan fingerprint density at radius 3 is 2.62 bits per heavy atom. The molecule has 0 radical (unpaired) electrons. The first-order valence-corrected chi connectivity index (χ1v) is 10.3. The van der Waals surface area contributed by atoms with E-state index in [0.717, 1.165) is 18.4 Å². The molecule has 0 aliphatic heterocycles. The molecule has 1 aromatic heterocycles. The van der Waals surface area contributed by atoms with Gasteiger partial charge < -0.3 is 9.47 Å². The van der Waals surface area contributed by atoms with E-state index in [1.165, 1.54) is 13.2 Å². The van der Waals surface area contributed by atoms with E-state index in [1.807, 2.05) is 32.0 Å². The standard InChI is InChI=1S/C24H23F2N3O3/c1-24(2,12-27)15-6-7-18-17(9-15)28-13-29(18)16-10-20(31-3)22(19(30)8-14-4-5-14)21(11-16)32-23(25)26/h6-7,9-11,13-14,23H,4-5,8H2,1-3H3. The van der Waals surface area contributed by atoms with E-state index in [2.05, 4.69) is 11.1 Å². The number of hydrogen-bond acceptors (Lipinski definition) is 5. The predicted molar refractivity (Wildman–Crippen MR) is 115 cm³/mol. The van der Waals surface area contributed by atoms with Gasteiger partial charge in [0.05, 0.1) is 35.3 Å². The summed E-state index contributed by atoms with van der Waals surface area (Å²) in [5.41, 5.74) is 2.00. The Morgan fingerprint density at radius 1 is 1.28 bits per heavy atom. The second-order valence-electron chi connectivity index (χ2n) is 8.53. The van der Waals surface area contributed by atoms with Gasteiger partial charge in [-0.3, -0.25) is 9.36 Å². The number of aromatic nitrogens is 2. The van der Waals surface area contributed by atoms with E-state index in [0.29, 0.717) is 16.7 Å². The van der Waals surface area contributed by atoms with Gasteiger partial charge in [0.1, 0.15) is 23.4 Å². The molecule has 0 bridgehead atoms. The lowest BCUT2D eigenvalue weighted by Crippen LogP contribution is -2.13. The van der Waals surface area contributed by atoms with Crippen molar-refractivity contribution < 1.29 is 23.0 Å². The number of imidazole rings is 1. The quantitative estimate of drug-likeness (QED) is 0.438. The Labute approximate surface area is 184 Å². The zero-order valence-corrected chi connectivity index (χ0v) is 18.1. The van der Waals surface area contributed by atoms with Crippen molar-refractivity contribution in [1.82, 2.24) is 9.55 Å². The van der Waals surface area contributed by atoms with Gasteiger partial charge in [0.15, 0.2) is 5.78 Å². The SMILES string of the molecule is COc1cc(-n2cnc3cc(C(C)(C)C#N)ccc32)cc(OC(F)F)c1C(=O)CC1CC1. The number of carbonyl (C=O) groups is 1. The van der Waals surface area contributed by atoms with Crippen molar-refractivity contribution in [2.45, 2.75) is 45.1 Å². The summed E-state index contributed by atoms with van der Waals surface area (Å²) < 4.78 is 38.2. The van der Waals surface area contributed by atoms with Crippen LogP contribution in [0.5, 0.6) is 11.5 Å². The minimum absolute atomic E-state index is 0.0333. The van der Waals surface area contributed by atoms with Crippen LogP contribution in [0.3, 0.4) is 0 Å². The van der Waals surface area contributed by atoms with Gasteiger partial charge in [-0.1, -0.05) is 6.07 Å². The third-order valence-corrected chi connectivity index (χ3v) is 5.76. The van der Waals surface area contributed by atoms with E-state index >= 15 is 0 Å². The summed E-state index contributed by atoms with van der Waals surface area (Å²) in [6.45, 7) is 0.556. The van der Waals surface area contributed by atoms with Crippen molar-refractivity contribution in [3.63, 3.8) is 0 Å². The number of hydrogen-bond donors (Lipinski definition) is 0. The number of rotatable bonds is 8. The highest BCUT2D eigenvalue weighted by Gasteiger charge is 2.30. The van der Waals surface area contributed by atoms with Gasteiger partial charge in [-0.05, 0) is 50.3 Å². The number of fused-ring (bicyclic) bond motifs is 1. The maximum Gasteiger partial charge on any atom is 0.387 e. The van der Waals surface area contributed by atoms with Gasteiger partial charge in [-0.25, -0.2) is 4.98 Å². The molecule has 32 heavy (non-hydrogen) atoms. The third-order valence-electron chi connectivity index (χ3n) is 5.76. The van der Waals surface area contributed by atoms with E-state index in [-0.39, 0.29) is 35.2 Å². The molecular formula is C24H23F2N3O3. The summed E-state index contributed by atoms with van der Waals surface area (Å²) in [6.07, 6.45) is 3.76. The topological polar surface area (TPSA) is 77.1 Å². The molecule has 1 heterocycles. The Hall–Kier alpha value is -3.47. The number of Topliss-reactive ketones (excluding diaryl/α,β-unsaturated/α-hetero) is 1. The molecule has 0 atom stereocenters. The zero-order valence-electron chi connectivity index (χ0n) is 18.1. The first kappa shape index (κ1) is 21.8. The van der Waals surface area contributed by atoms with Gasteiger partial charge in [0.2, 0.25) is 0 Å². The number of carbonyl (C=O) groups excluding carboxylic acids is 1. The molecule has 0 saturated heterocycles. The van der Waals surface area contributed by atoms with Gasteiger partial charge in [-0.15, -0.1) is 0 Å². The fourth-order valence-electron chi connectivity index (χ4n) is 3.70. The van der Waals surface area contributed by atoms with Crippen LogP contribution in [0.15, 0.2) is 36.7 Å². The van der Waals surface area contributed by atoms with Crippen LogP contribution in [0.25, 0.3) is 16.7 Å². The Bertz CT molecular complexity index is 1220. The molecule has 1 aliphatic carbocycles. The number of benzene rings is 2. The molecule has 4 rings (SSSR count). The van der Waals surface area contributed by atoms with Crippen LogP contribution < -0.4 is 9.47 Å². The number of halogens is 2. The van der Waals surface area contributed by atoms with Crippen molar-refractivity contribution >= 4 is 16.8 Å². The summed E-state index contributed by atoms with van der Waals surface area (Å²) in [5.74, 6) is -0.0295. The zero-order chi connectivity index (χ0) is 23.0. The molecule has 1 saturated carbocycles. The Morgan fingerprint density at radius 2 is 2.00 bits per heavy atom. The highest BCUT2D eigenvalue weighted by atomic mass is 19.3. The largest absolute Gasteiger partial charge is 0.496 e. The first-order valence-electron chi connectivity index (χ1n) is 10.3. The number of ether oxygens (including phenoxy) is 2. The Balaban J connectivity index is 1.82. The molecule has 0 N–H and O–H groups in total. The number of nitrogens with zero attached hydrogens (tertiary/aromatic N) is 3. The molecule has 8 heteroatoms. The molecule has 6 nitrogen and oxygen atoms in total. The molecule has 166 valence electrons. The van der Waals surface area contributed by atoms with Crippen molar-refractivity contribution in [2.24, 2.45) is 5.92 Å². The monoisotopic (exact) mass is 439 g/mol. The van der Waals surface area contributed by atoms with Crippen LogP contribution in [0.4, 0.5) is 8.78 Å². The average molecular weight is 439 g/mol. The van der Waals surface area contributed by atoms with E-state index in [4.69, 9.17) is 9.47 Å². The van der Waals surface area contributed by atoms with Crippen LogP contribution in [-0.2, 0) is 5.41 Å². The van der Waals surface area contributed by atoms with Gasteiger partial charge in [0.25, 0.3) is 0 Å². The normalized spacial score (nSPS) is 13.9. The van der Waals surface area contributed by atoms with Crippen LogP contribution in [-0.4, -0.2) is 29.1 Å². The molecule has 0 unspecified atom stereocenters. The maximum atomic E-state index is 13.2. The summed E-state index contributed by atoms with van der Waals surface area (Å²) in [5, 5.41) is 9.40.